The number of primary amides is 1. The van der Waals surface area contributed by atoms with Gasteiger partial charge in [-0.3, -0.25) is 9.59 Å². The lowest BCUT2D eigenvalue weighted by atomic mass is 10.0. The monoisotopic (exact) mass is 271 g/mol. The number of nitrogens with zero attached hydrogens (tertiary/aromatic N) is 1. The van der Waals surface area contributed by atoms with E-state index in [-0.39, 0.29) is 18.5 Å². The molecule has 0 aromatic heterocycles. The quantitative estimate of drug-likeness (QED) is 0.675. The first-order chi connectivity index (χ1) is 8.64. The number of urea groups is 1. The molecule has 2 atom stereocenters. The van der Waals surface area contributed by atoms with Crippen molar-refractivity contribution in [3.05, 3.63) is 0 Å². The van der Waals surface area contributed by atoms with Crippen molar-refractivity contribution in [2.45, 2.75) is 45.2 Å². The van der Waals surface area contributed by atoms with E-state index in [1.165, 1.54) is 4.90 Å². The molecule has 0 aliphatic carbocycles. The summed E-state index contributed by atoms with van der Waals surface area (Å²) in [6.07, 6.45) is 0.476. The molecular formula is C12H21N3O4. The number of nitrogens with two attached hydrogens (primary N) is 1. The number of hydrogen-bond acceptors (Lipinski definition) is 3. The highest BCUT2D eigenvalue weighted by Crippen LogP contribution is 2.24. The molecule has 0 saturated carbocycles. The van der Waals surface area contributed by atoms with Gasteiger partial charge in [0, 0.05) is 24.5 Å². The van der Waals surface area contributed by atoms with Gasteiger partial charge in [0.05, 0.1) is 5.92 Å². The minimum absolute atomic E-state index is 0.0311. The zero-order valence-corrected chi connectivity index (χ0v) is 11.5. The molecule has 1 aliphatic rings. The Labute approximate surface area is 112 Å². The number of amides is 3. The van der Waals surface area contributed by atoms with Crippen LogP contribution in [-0.2, 0) is 9.59 Å². The van der Waals surface area contributed by atoms with Crippen molar-refractivity contribution >= 4 is 17.9 Å². The number of carboxylic acid groups (broad SMARTS) is 1. The Morgan fingerprint density at radius 1 is 1.42 bits per heavy atom. The summed E-state index contributed by atoms with van der Waals surface area (Å²) >= 11 is 0. The summed E-state index contributed by atoms with van der Waals surface area (Å²) in [4.78, 5) is 35.5. The first kappa shape index (κ1) is 15.3. The van der Waals surface area contributed by atoms with Crippen LogP contribution in [-0.4, -0.2) is 46.0 Å². The number of carboxylic acids is 1. The van der Waals surface area contributed by atoms with Crippen LogP contribution in [0.15, 0.2) is 0 Å². The minimum Gasteiger partial charge on any atom is -0.481 e. The third kappa shape index (κ3) is 3.84. The molecule has 19 heavy (non-hydrogen) atoms. The van der Waals surface area contributed by atoms with Crippen LogP contribution in [0.2, 0.25) is 0 Å². The molecule has 108 valence electrons. The molecule has 0 aromatic carbocycles. The van der Waals surface area contributed by atoms with Gasteiger partial charge in [-0.1, -0.05) is 0 Å². The van der Waals surface area contributed by atoms with Crippen molar-refractivity contribution in [3.63, 3.8) is 0 Å². The van der Waals surface area contributed by atoms with E-state index < -0.39 is 23.3 Å². The second-order valence-corrected chi connectivity index (χ2v) is 5.62. The molecule has 1 fully saturated rings. The fraction of sp³-hybridized carbons (Fsp3) is 0.750. The molecule has 3 amide bonds. The van der Waals surface area contributed by atoms with Crippen LogP contribution in [0.3, 0.4) is 0 Å². The van der Waals surface area contributed by atoms with Crippen LogP contribution in [0.25, 0.3) is 0 Å². The normalized spacial score (nSPS) is 23.2. The van der Waals surface area contributed by atoms with Crippen LogP contribution < -0.4 is 11.1 Å². The van der Waals surface area contributed by atoms with Gasteiger partial charge in [-0.25, -0.2) is 4.79 Å². The van der Waals surface area contributed by atoms with Crippen molar-refractivity contribution in [1.29, 1.82) is 0 Å². The molecule has 0 spiro atoms. The number of rotatable bonds is 4. The second-order valence-electron chi connectivity index (χ2n) is 5.62. The highest BCUT2D eigenvalue weighted by atomic mass is 16.4. The zero-order valence-electron chi connectivity index (χ0n) is 11.5. The molecule has 7 heteroatoms. The predicted octanol–water partition coefficient (Wildman–Crippen LogP) is 0.145. The highest BCUT2D eigenvalue weighted by Gasteiger charge is 2.39. The lowest BCUT2D eigenvalue weighted by Gasteiger charge is -2.30. The Bertz CT molecular complexity index is 394. The Kier molecular flexibility index (Phi) is 4.39. The van der Waals surface area contributed by atoms with E-state index in [0.717, 1.165) is 0 Å². The number of hydrogen-bond donors (Lipinski definition) is 3. The fourth-order valence-corrected chi connectivity index (χ4v) is 2.40. The third-order valence-corrected chi connectivity index (χ3v) is 3.39. The standard InChI is InChI=1S/C12H21N3O4/c1-7-8(10(17)18)4-5-15(7)11(19)14-12(2,3)6-9(13)16/h7-8H,4-6H2,1-3H3,(H2,13,16)(H,14,19)(H,17,18). The third-order valence-electron chi connectivity index (χ3n) is 3.39. The van der Waals surface area contributed by atoms with E-state index >= 15 is 0 Å². The number of carbonyl (C=O) groups is 3. The van der Waals surface area contributed by atoms with Crippen molar-refractivity contribution < 1.29 is 19.5 Å². The first-order valence-electron chi connectivity index (χ1n) is 6.24. The predicted molar refractivity (Wildman–Crippen MR) is 68.3 cm³/mol. The maximum atomic E-state index is 12.1. The van der Waals surface area contributed by atoms with Crippen LogP contribution in [0.5, 0.6) is 0 Å². The largest absolute Gasteiger partial charge is 0.481 e. The zero-order chi connectivity index (χ0) is 14.8. The fourth-order valence-electron chi connectivity index (χ4n) is 2.40. The molecule has 1 aliphatic heterocycles. The smallest absolute Gasteiger partial charge is 0.318 e. The van der Waals surface area contributed by atoms with E-state index in [4.69, 9.17) is 10.8 Å². The Balaban J connectivity index is 2.65. The molecule has 7 nitrogen and oxygen atoms in total. The maximum absolute atomic E-state index is 12.1. The van der Waals surface area contributed by atoms with Crippen LogP contribution in [0.4, 0.5) is 4.79 Å². The number of carbonyl (C=O) groups excluding carboxylic acids is 2. The molecule has 0 bridgehead atoms. The molecule has 1 saturated heterocycles. The summed E-state index contributed by atoms with van der Waals surface area (Å²) in [6, 6.07) is -0.718. The van der Waals surface area contributed by atoms with E-state index in [1.807, 2.05) is 0 Å². The number of nitrogens with one attached hydrogen (secondary N) is 1. The number of aliphatic carboxylic acids is 1. The molecule has 0 radical (unpaired) electrons. The Hall–Kier alpha value is -1.79. The summed E-state index contributed by atoms with van der Waals surface area (Å²) in [5.41, 5.74) is 4.37. The van der Waals surface area contributed by atoms with Gasteiger partial charge in [0.25, 0.3) is 0 Å². The molecule has 4 N–H and O–H groups in total. The number of likely N-dealkylation sites (tertiary alicyclic amines) is 1. The van der Waals surface area contributed by atoms with E-state index in [1.54, 1.807) is 20.8 Å². The average Bonchev–Trinajstić information content (AvgIpc) is 2.56. The van der Waals surface area contributed by atoms with Crippen molar-refractivity contribution in [3.8, 4) is 0 Å². The first-order valence-corrected chi connectivity index (χ1v) is 6.24. The lowest BCUT2D eigenvalue weighted by molar-refractivity contribution is -0.142. The summed E-state index contributed by atoms with van der Waals surface area (Å²) in [5.74, 6) is -1.92. The second kappa shape index (κ2) is 5.46. The van der Waals surface area contributed by atoms with Gasteiger partial charge in [0.2, 0.25) is 5.91 Å². The molecule has 1 rings (SSSR count). The highest BCUT2D eigenvalue weighted by molar-refractivity contribution is 5.80. The van der Waals surface area contributed by atoms with E-state index in [9.17, 15) is 14.4 Å². The van der Waals surface area contributed by atoms with Gasteiger partial charge >= 0.3 is 12.0 Å². The van der Waals surface area contributed by atoms with Gasteiger partial charge in [-0.05, 0) is 27.2 Å². The van der Waals surface area contributed by atoms with Crippen molar-refractivity contribution in [2.24, 2.45) is 11.7 Å². The van der Waals surface area contributed by atoms with Gasteiger partial charge < -0.3 is 21.1 Å². The Morgan fingerprint density at radius 2 is 2.00 bits per heavy atom. The lowest BCUT2D eigenvalue weighted by Crippen LogP contribution is -2.52. The molecule has 0 aromatic rings. The van der Waals surface area contributed by atoms with Gasteiger partial charge in [0.15, 0.2) is 0 Å². The summed E-state index contributed by atoms with van der Waals surface area (Å²) in [5, 5.41) is 11.7. The van der Waals surface area contributed by atoms with Crippen LogP contribution in [0, 0.1) is 5.92 Å². The van der Waals surface area contributed by atoms with Crippen LogP contribution >= 0.6 is 0 Å². The van der Waals surface area contributed by atoms with Gasteiger partial charge in [-0.15, -0.1) is 0 Å². The van der Waals surface area contributed by atoms with Gasteiger partial charge in [-0.2, -0.15) is 0 Å². The topological polar surface area (TPSA) is 113 Å². The van der Waals surface area contributed by atoms with Gasteiger partial charge in [0.1, 0.15) is 0 Å². The van der Waals surface area contributed by atoms with E-state index in [0.29, 0.717) is 13.0 Å². The van der Waals surface area contributed by atoms with E-state index in [2.05, 4.69) is 5.32 Å². The molecular weight excluding hydrogens is 250 g/mol. The summed E-state index contributed by atoms with van der Waals surface area (Å²) in [7, 11) is 0. The summed E-state index contributed by atoms with van der Waals surface area (Å²) < 4.78 is 0. The molecule has 1 heterocycles. The van der Waals surface area contributed by atoms with Crippen molar-refractivity contribution in [2.75, 3.05) is 6.54 Å². The SMILES string of the molecule is CC1C(C(=O)O)CCN1C(=O)NC(C)(C)CC(N)=O. The van der Waals surface area contributed by atoms with Crippen LogP contribution in [0.1, 0.15) is 33.6 Å². The minimum atomic E-state index is -0.890. The molecule has 2 unspecified atom stereocenters. The average molecular weight is 271 g/mol. The summed E-state index contributed by atoms with van der Waals surface area (Å²) in [6.45, 7) is 5.51. The Morgan fingerprint density at radius 3 is 2.42 bits per heavy atom. The maximum Gasteiger partial charge on any atom is 0.318 e. The van der Waals surface area contributed by atoms with Crippen molar-refractivity contribution in [1.82, 2.24) is 10.2 Å².